The number of carbonyl (C=O) groups excluding carboxylic acids is 1. The molecule has 1 saturated carbocycles. The Morgan fingerprint density at radius 1 is 1.14 bits per heavy atom. The molecule has 116 valence electrons. The van der Waals surface area contributed by atoms with Crippen LogP contribution in [0.4, 0.5) is 5.69 Å². The molecule has 2 rings (SSSR count). The third-order valence-corrected chi connectivity index (χ3v) is 4.76. The molecule has 0 spiro atoms. The van der Waals surface area contributed by atoms with Crippen LogP contribution in [0.1, 0.15) is 39.5 Å². The third kappa shape index (κ3) is 4.23. The number of rotatable bonds is 5. The monoisotopic (exact) mass is 288 g/mol. The Morgan fingerprint density at radius 3 is 2.33 bits per heavy atom. The average Bonchev–Trinajstić information content (AvgIpc) is 2.53. The molecule has 0 aliphatic heterocycles. The van der Waals surface area contributed by atoms with Crippen LogP contribution < -0.4 is 4.90 Å². The van der Waals surface area contributed by atoms with Gasteiger partial charge in [0.2, 0.25) is 5.91 Å². The van der Waals surface area contributed by atoms with Gasteiger partial charge in [-0.1, -0.05) is 25.1 Å². The van der Waals surface area contributed by atoms with Gasteiger partial charge in [-0.05, 0) is 50.7 Å². The zero-order chi connectivity index (χ0) is 15.2. The Bertz CT molecular complexity index is 438. The van der Waals surface area contributed by atoms with Gasteiger partial charge in [0.05, 0.1) is 6.54 Å². The summed E-state index contributed by atoms with van der Waals surface area (Å²) < 4.78 is 0. The Hall–Kier alpha value is -1.51. The van der Waals surface area contributed by atoms with E-state index >= 15 is 0 Å². The molecule has 1 aliphatic rings. The van der Waals surface area contributed by atoms with Gasteiger partial charge in [0.25, 0.3) is 0 Å². The summed E-state index contributed by atoms with van der Waals surface area (Å²) >= 11 is 0. The molecule has 0 atom stereocenters. The first-order chi connectivity index (χ1) is 10.1. The Labute approximate surface area is 128 Å². The average molecular weight is 288 g/mol. The molecule has 1 aliphatic carbocycles. The van der Waals surface area contributed by atoms with Gasteiger partial charge >= 0.3 is 0 Å². The lowest BCUT2D eigenvalue weighted by Gasteiger charge is -2.35. The predicted molar refractivity (Wildman–Crippen MR) is 88.5 cm³/mol. The van der Waals surface area contributed by atoms with Crippen molar-refractivity contribution in [3.8, 4) is 0 Å². The van der Waals surface area contributed by atoms with E-state index in [0.29, 0.717) is 12.6 Å². The lowest BCUT2D eigenvalue weighted by Crippen LogP contribution is -2.44. The van der Waals surface area contributed by atoms with Gasteiger partial charge in [-0.3, -0.25) is 4.79 Å². The van der Waals surface area contributed by atoms with E-state index in [1.807, 2.05) is 30.1 Å². The van der Waals surface area contributed by atoms with Gasteiger partial charge in [-0.25, -0.2) is 0 Å². The molecule has 0 saturated heterocycles. The van der Waals surface area contributed by atoms with Gasteiger partial charge in [-0.2, -0.15) is 0 Å². The summed E-state index contributed by atoms with van der Waals surface area (Å²) in [5, 5.41) is 0. The summed E-state index contributed by atoms with van der Waals surface area (Å²) in [4.78, 5) is 16.7. The second-order valence-corrected chi connectivity index (χ2v) is 6.27. The van der Waals surface area contributed by atoms with Gasteiger partial charge in [0.1, 0.15) is 0 Å². The first kappa shape index (κ1) is 15.9. The van der Waals surface area contributed by atoms with Crippen molar-refractivity contribution in [2.45, 2.75) is 45.6 Å². The van der Waals surface area contributed by atoms with Crippen LogP contribution in [-0.2, 0) is 4.79 Å². The molecule has 1 aromatic rings. The lowest BCUT2D eigenvalue weighted by molar-refractivity contribution is -0.131. The first-order valence-electron chi connectivity index (χ1n) is 8.17. The molecule has 21 heavy (non-hydrogen) atoms. The topological polar surface area (TPSA) is 23.6 Å². The quantitative estimate of drug-likeness (QED) is 0.827. The Morgan fingerprint density at radius 2 is 1.76 bits per heavy atom. The van der Waals surface area contributed by atoms with Crippen molar-refractivity contribution in [2.24, 2.45) is 5.92 Å². The largest absolute Gasteiger partial charge is 0.362 e. The van der Waals surface area contributed by atoms with E-state index in [0.717, 1.165) is 31.0 Å². The zero-order valence-electron chi connectivity index (χ0n) is 13.6. The predicted octanol–water partition coefficient (Wildman–Crippen LogP) is 3.55. The summed E-state index contributed by atoms with van der Waals surface area (Å²) in [5.41, 5.74) is 1.12. The van der Waals surface area contributed by atoms with Gasteiger partial charge in [0, 0.05) is 25.3 Å². The summed E-state index contributed by atoms with van der Waals surface area (Å²) in [6.07, 6.45) is 4.80. The molecule has 0 unspecified atom stereocenters. The maximum Gasteiger partial charge on any atom is 0.242 e. The third-order valence-electron chi connectivity index (χ3n) is 4.76. The highest BCUT2D eigenvalue weighted by molar-refractivity contribution is 5.81. The van der Waals surface area contributed by atoms with Gasteiger partial charge in [-0.15, -0.1) is 0 Å². The second kappa shape index (κ2) is 7.48. The molecule has 1 aromatic carbocycles. The minimum atomic E-state index is 0.236. The molecular formula is C18H28N2O. The maximum atomic E-state index is 12.6. The van der Waals surface area contributed by atoms with Crippen LogP contribution in [0, 0.1) is 5.92 Å². The fourth-order valence-corrected chi connectivity index (χ4v) is 3.13. The van der Waals surface area contributed by atoms with Crippen LogP contribution in [0.25, 0.3) is 0 Å². The van der Waals surface area contributed by atoms with E-state index in [1.54, 1.807) is 0 Å². The van der Waals surface area contributed by atoms with Crippen molar-refractivity contribution in [1.29, 1.82) is 0 Å². The smallest absolute Gasteiger partial charge is 0.242 e. The minimum absolute atomic E-state index is 0.236. The molecule has 1 amide bonds. The van der Waals surface area contributed by atoms with Crippen molar-refractivity contribution in [3.63, 3.8) is 0 Å². The fourth-order valence-electron chi connectivity index (χ4n) is 3.13. The van der Waals surface area contributed by atoms with Crippen molar-refractivity contribution in [3.05, 3.63) is 30.3 Å². The Kier molecular flexibility index (Phi) is 5.66. The molecule has 3 nitrogen and oxygen atoms in total. The van der Waals surface area contributed by atoms with Crippen LogP contribution in [-0.4, -0.2) is 37.0 Å². The summed E-state index contributed by atoms with van der Waals surface area (Å²) in [6, 6.07) is 10.6. The van der Waals surface area contributed by atoms with E-state index in [1.165, 1.54) is 12.8 Å². The SMILES string of the molecule is CCN(CC(=O)N(C)C1CCC(C)CC1)c1ccccc1. The zero-order valence-corrected chi connectivity index (χ0v) is 13.6. The number of amides is 1. The fraction of sp³-hybridized carbons (Fsp3) is 0.611. The number of para-hydroxylation sites is 1. The van der Waals surface area contributed by atoms with Gasteiger partial charge in [0.15, 0.2) is 0 Å². The Balaban J connectivity index is 1.93. The highest BCUT2D eigenvalue weighted by atomic mass is 16.2. The molecule has 1 fully saturated rings. The summed E-state index contributed by atoms with van der Waals surface area (Å²) in [5.74, 6) is 1.06. The van der Waals surface area contributed by atoms with Crippen molar-refractivity contribution in [2.75, 3.05) is 25.0 Å². The summed E-state index contributed by atoms with van der Waals surface area (Å²) in [6.45, 7) is 5.74. The number of likely N-dealkylation sites (N-methyl/N-ethyl adjacent to an activating group) is 2. The van der Waals surface area contributed by atoms with E-state index < -0.39 is 0 Å². The molecule has 0 heterocycles. The van der Waals surface area contributed by atoms with Crippen LogP contribution in [0.5, 0.6) is 0 Å². The second-order valence-electron chi connectivity index (χ2n) is 6.27. The number of anilines is 1. The molecular weight excluding hydrogens is 260 g/mol. The van der Waals surface area contributed by atoms with Crippen LogP contribution in [0.2, 0.25) is 0 Å². The molecule has 0 N–H and O–H groups in total. The van der Waals surface area contributed by atoms with E-state index in [-0.39, 0.29) is 5.91 Å². The minimum Gasteiger partial charge on any atom is -0.362 e. The molecule has 3 heteroatoms. The highest BCUT2D eigenvalue weighted by Gasteiger charge is 2.25. The van der Waals surface area contributed by atoms with Crippen molar-refractivity contribution >= 4 is 11.6 Å². The van der Waals surface area contributed by atoms with Crippen molar-refractivity contribution < 1.29 is 4.79 Å². The number of carbonyl (C=O) groups is 1. The van der Waals surface area contributed by atoms with Crippen LogP contribution in [0.15, 0.2) is 30.3 Å². The number of hydrogen-bond donors (Lipinski definition) is 0. The maximum absolute atomic E-state index is 12.6. The van der Waals surface area contributed by atoms with Crippen LogP contribution >= 0.6 is 0 Å². The van der Waals surface area contributed by atoms with Crippen molar-refractivity contribution in [1.82, 2.24) is 4.90 Å². The lowest BCUT2D eigenvalue weighted by atomic mass is 9.87. The number of nitrogens with zero attached hydrogens (tertiary/aromatic N) is 2. The van der Waals surface area contributed by atoms with E-state index in [2.05, 4.69) is 30.9 Å². The normalized spacial score (nSPS) is 21.9. The first-order valence-corrected chi connectivity index (χ1v) is 8.17. The van der Waals surface area contributed by atoms with E-state index in [9.17, 15) is 4.79 Å². The van der Waals surface area contributed by atoms with Gasteiger partial charge < -0.3 is 9.80 Å². The summed E-state index contributed by atoms with van der Waals surface area (Å²) in [7, 11) is 1.97. The van der Waals surface area contributed by atoms with E-state index in [4.69, 9.17) is 0 Å². The standard InChI is InChI=1S/C18H28N2O/c1-4-20(17-8-6-5-7-9-17)14-18(21)19(3)16-12-10-15(2)11-13-16/h5-9,15-16H,4,10-14H2,1-3H3. The number of benzene rings is 1. The van der Waals surface area contributed by atoms with Crippen LogP contribution in [0.3, 0.4) is 0 Å². The molecule has 0 radical (unpaired) electrons. The number of hydrogen-bond acceptors (Lipinski definition) is 2. The molecule has 0 aromatic heterocycles. The highest BCUT2D eigenvalue weighted by Crippen LogP contribution is 2.26. The molecule has 0 bridgehead atoms.